The van der Waals surface area contributed by atoms with E-state index in [1.807, 2.05) is 6.29 Å². The molecule has 0 saturated carbocycles. The maximum Gasteiger partial charge on any atom is 0.306 e. The highest BCUT2D eigenvalue weighted by Crippen LogP contribution is 2.15. The summed E-state index contributed by atoms with van der Waals surface area (Å²) in [6, 6.07) is -0.558. The van der Waals surface area contributed by atoms with Crippen molar-refractivity contribution in [3.05, 3.63) is 0 Å². The maximum atomic E-state index is 12.5. The van der Waals surface area contributed by atoms with Gasteiger partial charge in [0.1, 0.15) is 12.7 Å². The van der Waals surface area contributed by atoms with E-state index in [0.29, 0.717) is 18.6 Å². The van der Waals surface area contributed by atoms with Crippen LogP contribution in [-0.2, 0) is 23.9 Å². The molecular weight excluding hydrogens is 582 g/mol. The summed E-state index contributed by atoms with van der Waals surface area (Å²) in [6.45, 7) is 4.73. The lowest BCUT2D eigenvalue weighted by atomic mass is 10.0. The van der Waals surface area contributed by atoms with Crippen LogP contribution < -0.4 is 5.32 Å². The highest BCUT2D eigenvalue weighted by molar-refractivity contribution is 7.80. The largest absolute Gasteiger partial charge is 0.462 e. The Morgan fingerprint density at radius 1 is 0.578 bits per heavy atom. The van der Waals surface area contributed by atoms with E-state index in [4.69, 9.17) is 9.47 Å². The minimum atomic E-state index is -0.634. The molecule has 0 aromatic heterocycles. The number of ether oxygens (including phenoxy) is 2. The minimum Gasteiger partial charge on any atom is -0.462 e. The molecule has 0 aliphatic rings. The van der Waals surface area contributed by atoms with E-state index in [9.17, 15) is 14.4 Å². The van der Waals surface area contributed by atoms with E-state index in [0.717, 1.165) is 38.5 Å². The number of hydrogen-bond acceptors (Lipinski definition) is 7. The fraction of sp³-hybridized carbons (Fsp3) is 0.921. The first-order valence-electron chi connectivity index (χ1n) is 19.1. The van der Waals surface area contributed by atoms with Gasteiger partial charge in [-0.05, 0) is 12.8 Å². The number of thiol groups is 1. The van der Waals surface area contributed by atoms with Crippen LogP contribution in [-0.4, -0.2) is 49.3 Å². The summed E-state index contributed by atoms with van der Waals surface area (Å²) >= 11 is 4.15. The molecule has 0 aliphatic carbocycles. The summed E-state index contributed by atoms with van der Waals surface area (Å²) < 4.78 is 11.1. The minimum absolute atomic E-state index is 0.00717. The highest BCUT2D eigenvalue weighted by atomic mass is 32.1. The van der Waals surface area contributed by atoms with Crippen LogP contribution in [0.4, 0.5) is 0 Å². The van der Waals surface area contributed by atoms with Gasteiger partial charge in [-0.1, -0.05) is 168 Å². The number of rotatable bonds is 36. The van der Waals surface area contributed by atoms with E-state index in [1.54, 1.807) is 0 Å². The zero-order valence-electron chi connectivity index (χ0n) is 29.6. The number of esters is 2. The van der Waals surface area contributed by atoms with Crippen LogP contribution in [0.1, 0.15) is 194 Å². The number of carbonyl (C=O) groups is 2. The average molecular weight is 655 g/mol. The lowest BCUT2D eigenvalue weighted by Gasteiger charge is -2.20. The van der Waals surface area contributed by atoms with E-state index in [2.05, 4.69) is 31.8 Å². The second-order valence-corrected chi connectivity index (χ2v) is 13.4. The van der Waals surface area contributed by atoms with Crippen molar-refractivity contribution in [1.82, 2.24) is 5.32 Å². The van der Waals surface area contributed by atoms with Gasteiger partial charge in [0, 0.05) is 25.1 Å². The smallest absolute Gasteiger partial charge is 0.306 e. The van der Waals surface area contributed by atoms with Crippen molar-refractivity contribution >= 4 is 30.9 Å². The van der Waals surface area contributed by atoms with Crippen molar-refractivity contribution in [3.8, 4) is 0 Å². The molecule has 0 spiro atoms. The van der Waals surface area contributed by atoms with Gasteiger partial charge in [-0.25, -0.2) is 0 Å². The Hall–Kier alpha value is -1.08. The molecule has 0 aliphatic heterocycles. The SMILES string of the molecule is CCCCCCCCCCCCCCCC(=O)OCC(CNC([C]=O)CS)OC(=O)CCCCCCCCCCCCCCC. The molecular formula is C38H72NO5S. The van der Waals surface area contributed by atoms with E-state index >= 15 is 0 Å². The third-order valence-electron chi connectivity index (χ3n) is 8.61. The fourth-order valence-corrected chi connectivity index (χ4v) is 5.83. The molecule has 0 rings (SSSR count). The number of carbonyl (C=O) groups excluding carboxylic acids is 3. The molecule has 0 saturated heterocycles. The Morgan fingerprint density at radius 3 is 1.29 bits per heavy atom. The second kappa shape index (κ2) is 35.8. The lowest BCUT2D eigenvalue weighted by Crippen LogP contribution is -2.41. The molecule has 0 aromatic rings. The van der Waals surface area contributed by atoms with Crippen molar-refractivity contribution < 1.29 is 23.9 Å². The monoisotopic (exact) mass is 655 g/mol. The van der Waals surface area contributed by atoms with Crippen LogP contribution >= 0.6 is 12.6 Å². The van der Waals surface area contributed by atoms with Crippen molar-refractivity contribution in [3.63, 3.8) is 0 Å². The Labute approximate surface area is 284 Å². The summed E-state index contributed by atoms with van der Waals surface area (Å²) in [5.41, 5.74) is 0. The van der Waals surface area contributed by atoms with Gasteiger partial charge >= 0.3 is 11.9 Å². The molecule has 0 heterocycles. The van der Waals surface area contributed by atoms with Crippen molar-refractivity contribution in [1.29, 1.82) is 0 Å². The first-order chi connectivity index (χ1) is 22.1. The first kappa shape index (κ1) is 43.9. The van der Waals surface area contributed by atoms with Crippen molar-refractivity contribution in [2.24, 2.45) is 0 Å². The Bertz CT molecular complexity index is 662. The van der Waals surface area contributed by atoms with Crippen LogP contribution in [0, 0.1) is 0 Å². The molecule has 1 N–H and O–H groups in total. The maximum absolute atomic E-state index is 12.5. The summed E-state index contributed by atoms with van der Waals surface area (Å²) in [7, 11) is 0. The van der Waals surface area contributed by atoms with Gasteiger partial charge in [0.05, 0.1) is 6.04 Å². The number of hydrogen-bond donors (Lipinski definition) is 2. The molecule has 0 amide bonds. The first-order valence-corrected chi connectivity index (χ1v) is 19.8. The topological polar surface area (TPSA) is 81.7 Å². The molecule has 2 unspecified atom stereocenters. The Kier molecular flexibility index (Phi) is 34.9. The molecule has 0 fully saturated rings. The van der Waals surface area contributed by atoms with Gasteiger partial charge < -0.3 is 14.8 Å². The molecule has 2 atom stereocenters. The van der Waals surface area contributed by atoms with Crippen LogP contribution in [0.15, 0.2) is 0 Å². The summed E-state index contributed by atoms with van der Waals surface area (Å²) in [5, 5.41) is 2.99. The van der Waals surface area contributed by atoms with Crippen LogP contribution in [0.5, 0.6) is 0 Å². The summed E-state index contributed by atoms with van der Waals surface area (Å²) in [6.07, 6.45) is 34.7. The third kappa shape index (κ3) is 32.6. The fourth-order valence-electron chi connectivity index (χ4n) is 5.63. The predicted octanol–water partition coefficient (Wildman–Crippen LogP) is 10.4. The van der Waals surface area contributed by atoms with Gasteiger partial charge in [0.2, 0.25) is 6.29 Å². The van der Waals surface area contributed by atoms with E-state index in [-0.39, 0.29) is 25.1 Å². The van der Waals surface area contributed by atoms with Crippen molar-refractivity contribution in [2.75, 3.05) is 18.9 Å². The van der Waals surface area contributed by atoms with Gasteiger partial charge in [0.25, 0.3) is 0 Å². The molecule has 1 radical (unpaired) electrons. The molecule has 7 heteroatoms. The number of nitrogens with one attached hydrogen (secondary N) is 1. The predicted molar refractivity (Wildman–Crippen MR) is 193 cm³/mol. The van der Waals surface area contributed by atoms with E-state index in [1.165, 1.54) is 128 Å². The molecule has 265 valence electrons. The third-order valence-corrected chi connectivity index (χ3v) is 8.98. The van der Waals surface area contributed by atoms with Crippen LogP contribution in [0.3, 0.4) is 0 Å². The normalized spacial score (nSPS) is 12.6. The second-order valence-electron chi connectivity index (χ2n) is 13.0. The molecule has 45 heavy (non-hydrogen) atoms. The van der Waals surface area contributed by atoms with Crippen molar-refractivity contribution in [2.45, 2.75) is 206 Å². The highest BCUT2D eigenvalue weighted by Gasteiger charge is 2.19. The zero-order valence-corrected chi connectivity index (χ0v) is 30.5. The number of unbranched alkanes of at least 4 members (excludes halogenated alkanes) is 24. The summed E-state index contributed by atoms with van der Waals surface area (Å²) in [5.74, 6) is -0.250. The Balaban J connectivity index is 4.01. The van der Waals surface area contributed by atoms with Crippen LogP contribution in [0.2, 0.25) is 0 Å². The quantitative estimate of drug-likeness (QED) is 0.0397. The zero-order chi connectivity index (χ0) is 33.1. The van der Waals surface area contributed by atoms with E-state index < -0.39 is 12.1 Å². The lowest BCUT2D eigenvalue weighted by molar-refractivity contribution is -0.159. The van der Waals surface area contributed by atoms with Gasteiger partial charge in [-0.2, -0.15) is 12.6 Å². The molecule has 0 bridgehead atoms. The Morgan fingerprint density at radius 2 is 0.933 bits per heavy atom. The average Bonchev–Trinajstić information content (AvgIpc) is 3.04. The van der Waals surface area contributed by atoms with Gasteiger partial charge in [0.15, 0.2) is 0 Å². The molecule has 6 nitrogen and oxygen atoms in total. The molecule has 0 aromatic carbocycles. The summed E-state index contributed by atoms with van der Waals surface area (Å²) in [4.78, 5) is 35.9. The standard InChI is InChI=1S/C38H72NO5S/c1-3-5-7-9-11-13-15-17-19-21-23-25-27-29-37(41)43-33-36(31-39-35(32-40)34-45)44-38(42)30-28-26-24-22-20-18-16-14-12-10-8-6-4-2/h35-36,39,45H,3-31,33-34H2,1-2H3. The van der Waals surface area contributed by atoms with Crippen LogP contribution in [0.25, 0.3) is 0 Å². The van der Waals surface area contributed by atoms with Gasteiger partial charge in [-0.15, -0.1) is 0 Å². The van der Waals surface area contributed by atoms with Gasteiger partial charge in [-0.3, -0.25) is 14.4 Å².